The van der Waals surface area contributed by atoms with E-state index in [-0.39, 0.29) is 12.2 Å². The van der Waals surface area contributed by atoms with E-state index in [1.165, 1.54) is 13.2 Å². The normalized spacial score (nSPS) is 14.0. The summed E-state index contributed by atoms with van der Waals surface area (Å²) in [5.41, 5.74) is 0.576. The molecule has 0 saturated carbocycles. The summed E-state index contributed by atoms with van der Waals surface area (Å²) < 4.78 is 21.5. The van der Waals surface area contributed by atoms with Crippen LogP contribution in [0.4, 0.5) is 0 Å². The van der Waals surface area contributed by atoms with Crippen LogP contribution in [0.15, 0.2) is 23.8 Å². The first-order valence-corrected chi connectivity index (χ1v) is 6.33. The van der Waals surface area contributed by atoms with Gasteiger partial charge in [0, 0.05) is 5.56 Å². The molecule has 21 heavy (non-hydrogen) atoms. The number of hydrogen-bond donors (Lipinski definition) is 0. The molecule has 0 unspecified atom stereocenters. The van der Waals surface area contributed by atoms with E-state index in [0.29, 0.717) is 30.3 Å². The number of benzene rings is 1. The summed E-state index contributed by atoms with van der Waals surface area (Å²) in [4.78, 5) is 0. The molecule has 1 aromatic carbocycles. The fourth-order valence-electron chi connectivity index (χ4n) is 1.86. The summed E-state index contributed by atoms with van der Waals surface area (Å²) in [6.07, 6.45) is 1.03. The van der Waals surface area contributed by atoms with Crippen molar-refractivity contribution in [2.24, 2.45) is 0 Å². The van der Waals surface area contributed by atoms with Gasteiger partial charge in [-0.15, -0.1) is 0 Å². The highest BCUT2D eigenvalue weighted by atomic mass is 16.7. The Morgan fingerprint density at radius 3 is 2.67 bits per heavy atom. The number of nitriles is 2. The number of rotatable bonds is 5. The predicted molar refractivity (Wildman–Crippen MR) is 73.4 cm³/mol. The molecule has 0 aromatic heterocycles. The first-order valence-electron chi connectivity index (χ1n) is 6.33. The predicted octanol–water partition coefficient (Wildman–Crippen LogP) is 1.88. The SMILES string of the molecule is COc1cccc(C=C(C#N)C#N)c1OCC1OCCO1. The van der Waals surface area contributed by atoms with Gasteiger partial charge in [0.25, 0.3) is 0 Å². The first kappa shape index (κ1) is 14.9. The van der Waals surface area contributed by atoms with Crippen molar-refractivity contribution in [3.63, 3.8) is 0 Å². The fourth-order valence-corrected chi connectivity index (χ4v) is 1.86. The van der Waals surface area contributed by atoms with Crippen LogP contribution in [0.25, 0.3) is 6.08 Å². The highest BCUT2D eigenvalue weighted by molar-refractivity contribution is 5.68. The molecule has 0 amide bonds. The molecule has 0 N–H and O–H groups in total. The third-order valence-corrected chi connectivity index (χ3v) is 2.82. The van der Waals surface area contributed by atoms with Crippen LogP contribution in [0, 0.1) is 22.7 Å². The van der Waals surface area contributed by atoms with Gasteiger partial charge in [0.2, 0.25) is 0 Å². The molecular weight excluding hydrogens is 272 g/mol. The Hall–Kier alpha value is -2.54. The van der Waals surface area contributed by atoms with Crippen molar-refractivity contribution in [2.75, 3.05) is 26.9 Å². The lowest BCUT2D eigenvalue weighted by molar-refractivity contribution is -0.0687. The van der Waals surface area contributed by atoms with Crippen LogP contribution >= 0.6 is 0 Å². The number of hydrogen-bond acceptors (Lipinski definition) is 6. The third-order valence-electron chi connectivity index (χ3n) is 2.82. The Morgan fingerprint density at radius 2 is 2.05 bits per heavy atom. The molecule has 0 atom stereocenters. The summed E-state index contributed by atoms with van der Waals surface area (Å²) in [6, 6.07) is 8.87. The Balaban J connectivity index is 2.25. The van der Waals surface area contributed by atoms with E-state index in [9.17, 15) is 0 Å². The first-order chi connectivity index (χ1) is 10.3. The molecule has 0 bridgehead atoms. The third kappa shape index (κ3) is 3.73. The molecular formula is C15H14N2O4. The summed E-state index contributed by atoms with van der Waals surface area (Å²) >= 11 is 0. The Bertz CT molecular complexity index is 591. The van der Waals surface area contributed by atoms with Gasteiger partial charge in [-0.1, -0.05) is 12.1 Å². The molecule has 1 heterocycles. The van der Waals surface area contributed by atoms with Crippen LogP contribution in [0.1, 0.15) is 5.56 Å². The van der Waals surface area contributed by atoms with Crippen molar-refractivity contribution in [1.82, 2.24) is 0 Å². The second kappa shape index (κ2) is 7.30. The smallest absolute Gasteiger partial charge is 0.191 e. The standard InChI is InChI=1S/C15H14N2O4/c1-18-13-4-2-3-12(7-11(8-16)9-17)15(13)21-10-14-19-5-6-20-14/h2-4,7,14H,5-6,10H2,1H3. The quantitative estimate of drug-likeness (QED) is 0.768. The molecule has 1 saturated heterocycles. The van der Waals surface area contributed by atoms with Crippen LogP contribution in [0.3, 0.4) is 0 Å². The van der Waals surface area contributed by atoms with Crippen molar-refractivity contribution in [1.29, 1.82) is 10.5 Å². The Kier molecular flexibility index (Phi) is 5.16. The van der Waals surface area contributed by atoms with Gasteiger partial charge in [-0.3, -0.25) is 0 Å². The lowest BCUT2D eigenvalue weighted by Crippen LogP contribution is -2.18. The van der Waals surface area contributed by atoms with Crippen LogP contribution in [0.5, 0.6) is 11.5 Å². The Morgan fingerprint density at radius 1 is 1.33 bits per heavy atom. The maximum Gasteiger partial charge on any atom is 0.191 e. The number of para-hydroxylation sites is 1. The molecule has 0 radical (unpaired) electrons. The molecule has 1 aliphatic heterocycles. The highest BCUT2D eigenvalue weighted by Crippen LogP contribution is 2.33. The Labute approximate surface area is 122 Å². The minimum Gasteiger partial charge on any atom is -0.493 e. The van der Waals surface area contributed by atoms with Crippen molar-refractivity contribution < 1.29 is 18.9 Å². The lowest BCUT2D eigenvalue weighted by atomic mass is 10.1. The maximum atomic E-state index is 8.85. The van der Waals surface area contributed by atoms with Gasteiger partial charge in [0.05, 0.1) is 20.3 Å². The second-order valence-corrected chi connectivity index (χ2v) is 4.14. The molecule has 1 fully saturated rings. The maximum absolute atomic E-state index is 8.85. The van der Waals surface area contributed by atoms with Crippen molar-refractivity contribution in [3.05, 3.63) is 29.3 Å². The summed E-state index contributed by atoms with van der Waals surface area (Å²) in [5.74, 6) is 0.957. The van der Waals surface area contributed by atoms with E-state index in [1.54, 1.807) is 18.2 Å². The van der Waals surface area contributed by atoms with Gasteiger partial charge in [-0.25, -0.2) is 0 Å². The van der Waals surface area contributed by atoms with E-state index in [1.807, 2.05) is 12.1 Å². The van der Waals surface area contributed by atoms with Crippen LogP contribution in [-0.2, 0) is 9.47 Å². The van der Waals surface area contributed by atoms with Gasteiger partial charge in [0.1, 0.15) is 24.3 Å². The zero-order valence-electron chi connectivity index (χ0n) is 11.5. The molecule has 0 spiro atoms. The molecule has 6 nitrogen and oxygen atoms in total. The lowest BCUT2D eigenvalue weighted by Gasteiger charge is -2.15. The largest absolute Gasteiger partial charge is 0.493 e. The van der Waals surface area contributed by atoms with Crippen LogP contribution in [-0.4, -0.2) is 33.2 Å². The van der Waals surface area contributed by atoms with Crippen molar-refractivity contribution in [3.8, 4) is 23.6 Å². The van der Waals surface area contributed by atoms with E-state index >= 15 is 0 Å². The minimum atomic E-state index is -0.418. The molecule has 1 aromatic rings. The fraction of sp³-hybridized carbons (Fsp3) is 0.333. The number of nitrogens with zero attached hydrogens (tertiary/aromatic N) is 2. The summed E-state index contributed by atoms with van der Waals surface area (Å²) in [6.45, 7) is 1.29. The molecule has 2 rings (SSSR count). The van der Waals surface area contributed by atoms with Gasteiger partial charge in [-0.05, 0) is 12.1 Å². The van der Waals surface area contributed by atoms with Gasteiger partial charge in [-0.2, -0.15) is 10.5 Å². The second-order valence-electron chi connectivity index (χ2n) is 4.14. The van der Waals surface area contributed by atoms with E-state index in [2.05, 4.69) is 0 Å². The zero-order chi connectivity index (χ0) is 15.1. The van der Waals surface area contributed by atoms with E-state index < -0.39 is 6.29 Å². The zero-order valence-corrected chi connectivity index (χ0v) is 11.5. The highest BCUT2D eigenvalue weighted by Gasteiger charge is 2.18. The molecule has 1 aliphatic rings. The van der Waals surface area contributed by atoms with Gasteiger partial charge in [0.15, 0.2) is 17.8 Å². The van der Waals surface area contributed by atoms with Gasteiger partial charge >= 0.3 is 0 Å². The van der Waals surface area contributed by atoms with Crippen LogP contribution in [0.2, 0.25) is 0 Å². The van der Waals surface area contributed by atoms with E-state index in [0.717, 1.165) is 0 Å². The topological polar surface area (TPSA) is 84.5 Å². The van der Waals surface area contributed by atoms with E-state index in [4.69, 9.17) is 29.5 Å². The summed E-state index contributed by atoms with van der Waals surface area (Å²) in [7, 11) is 1.52. The van der Waals surface area contributed by atoms with Crippen molar-refractivity contribution in [2.45, 2.75) is 6.29 Å². The average molecular weight is 286 g/mol. The monoisotopic (exact) mass is 286 g/mol. The number of methoxy groups -OCH3 is 1. The average Bonchev–Trinajstić information content (AvgIpc) is 3.04. The minimum absolute atomic E-state index is 0.0125. The number of allylic oxidation sites excluding steroid dienone is 1. The number of ether oxygens (including phenoxy) is 4. The van der Waals surface area contributed by atoms with Crippen LogP contribution < -0.4 is 9.47 Å². The van der Waals surface area contributed by atoms with Gasteiger partial charge < -0.3 is 18.9 Å². The molecule has 6 heteroatoms. The molecule has 108 valence electrons. The van der Waals surface area contributed by atoms with Crippen molar-refractivity contribution >= 4 is 6.08 Å². The molecule has 0 aliphatic carbocycles. The summed E-state index contributed by atoms with van der Waals surface area (Å²) in [5, 5.41) is 17.7.